The number of nitrogens with zero attached hydrogens (tertiary/aromatic N) is 2. The van der Waals surface area contributed by atoms with Crippen molar-refractivity contribution in [3.8, 4) is 11.5 Å². The fourth-order valence-corrected chi connectivity index (χ4v) is 5.67. The number of hydrogen-bond acceptors (Lipinski definition) is 7. The predicted octanol–water partition coefficient (Wildman–Crippen LogP) is 5.56. The second kappa shape index (κ2) is 9.13. The van der Waals surface area contributed by atoms with Crippen molar-refractivity contribution < 1.29 is 24.2 Å². The quantitative estimate of drug-likeness (QED) is 0.219. The van der Waals surface area contributed by atoms with Crippen LogP contribution in [-0.4, -0.2) is 36.0 Å². The van der Waals surface area contributed by atoms with E-state index in [1.807, 2.05) is 26.0 Å². The maximum absolute atomic E-state index is 13.4. The molecule has 1 atom stereocenters. The SMILES string of the molecule is COc1ccc(/C(O)=C2\C(=O)C(=O)N(c3nc4c(C)cc(C)cc4s3)C2c2ccc(OC)cc2)cc1. The zero-order chi connectivity index (χ0) is 25.6. The van der Waals surface area contributed by atoms with Crippen LogP contribution in [0, 0.1) is 13.8 Å². The number of benzene rings is 3. The zero-order valence-corrected chi connectivity index (χ0v) is 21.1. The number of aliphatic hydroxyl groups excluding tert-OH is 1. The van der Waals surface area contributed by atoms with Crippen molar-refractivity contribution in [2.24, 2.45) is 0 Å². The Balaban J connectivity index is 1.71. The molecule has 1 unspecified atom stereocenters. The molecule has 2 heterocycles. The summed E-state index contributed by atoms with van der Waals surface area (Å²) in [6.45, 7) is 3.97. The summed E-state index contributed by atoms with van der Waals surface area (Å²) in [5, 5.41) is 11.7. The van der Waals surface area contributed by atoms with Crippen LogP contribution in [0.5, 0.6) is 11.5 Å². The number of aliphatic hydroxyl groups is 1. The van der Waals surface area contributed by atoms with E-state index in [0.717, 1.165) is 21.3 Å². The molecule has 36 heavy (non-hydrogen) atoms. The monoisotopic (exact) mass is 500 g/mol. The molecule has 1 aromatic heterocycles. The molecule has 1 aliphatic heterocycles. The summed E-state index contributed by atoms with van der Waals surface area (Å²) in [6.07, 6.45) is 0. The van der Waals surface area contributed by atoms with Gasteiger partial charge in [-0.3, -0.25) is 14.5 Å². The topological polar surface area (TPSA) is 89.0 Å². The summed E-state index contributed by atoms with van der Waals surface area (Å²) in [4.78, 5) is 33.0. The fourth-order valence-electron chi connectivity index (χ4n) is 4.50. The molecule has 8 heteroatoms. The molecular formula is C28H24N2O5S. The predicted molar refractivity (Wildman–Crippen MR) is 140 cm³/mol. The minimum absolute atomic E-state index is 0.00231. The van der Waals surface area contributed by atoms with Gasteiger partial charge in [0, 0.05) is 5.56 Å². The van der Waals surface area contributed by atoms with Gasteiger partial charge < -0.3 is 14.6 Å². The van der Waals surface area contributed by atoms with Crippen LogP contribution < -0.4 is 14.4 Å². The molecule has 1 amide bonds. The number of carbonyl (C=O) groups is 2. The van der Waals surface area contributed by atoms with E-state index >= 15 is 0 Å². The third-order valence-corrected chi connectivity index (χ3v) is 7.27. The molecule has 182 valence electrons. The largest absolute Gasteiger partial charge is 0.507 e. The van der Waals surface area contributed by atoms with E-state index in [-0.39, 0.29) is 11.3 Å². The van der Waals surface area contributed by atoms with Gasteiger partial charge in [0.1, 0.15) is 17.3 Å². The van der Waals surface area contributed by atoms with Crippen LogP contribution in [0.25, 0.3) is 16.0 Å². The number of aryl methyl sites for hydroxylation is 2. The highest BCUT2D eigenvalue weighted by atomic mass is 32.1. The van der Waals surface area contributed by atoms with Crippen LogP contribution in [-0.2, 0) is 9.59 Å². The minimum Gasteiger partial charge on any atom is -0.507 e. The molecule has 1 saturated heterocycles. The first-order chi connectivity index (χ1) is 17.3. The van der Waals surface area contributed by atoms with Crippen molar-refractivity contribution in [1.82, 2.24) is 4.98 Å². The number of amides is 1. The highest BCUT2D eigenvalue weighted by Gasteiger charge is 2.48. The number of aromatic nitrogens is 1. The van der Waals surface area contributed by atoms with E-state index in [0.29, 0.717) is 27.8 Å². The lowest BCUT2D eigenvalue weighted by atomic mass is 9.95. The normalized spacial score (nSPS) is 17.1. The van der Waals surface area contributed by atoms with Crippen LogP contribution in [0.1, 0.15) is 28.3 Å². The van der Waals surface area contributed by atoms with Gasteiger partial charge in [-0.15, -0.1) is 0 Å². The minimum atomic E-state index is -0.861. The van der Waals surface area contributed by atoms with Crippen LogP contribution in [0.2, 0.25) is 0 Å². The van der Waals surface area contributed by atoms with Crippen LogP contribution in [0.3, 0.4) is 0 Å². The maximum Gasteiger partial charge on any atom is 0.301 e. The van der Waals surface area contributed by atoms with Crippen molar-refractivity contribution in [3.05, 3.63) is 88.5 Å². The summed E-state index contributed by atoms with van der Waals surface area (Å²) >= 11 is 1.35. The van der Waals surface area contributed by atoms with E-state index in [4.69, 9.17) is 14.5 Å². The number of anilines is 1. The lowest BCUT2D eigenvalue weighted by Gasteiger charge is -2.23. The molecule has 1 N–H and O–H groups in total. The van der Waals surface area contributed by atoms with Crippen molar-refractivity contribution in [1.29, 1.82) is 0 Å². The average Bonchev–Trinajstić information content (AvgIpc) is 3.42. The fraction of sp³-hybridized carbons (Fsp3) is 0.179. The molecule has 1 fully saturated rings. The molecule has 5 rings (SSSR count). The van der Waals surface area contributed by atoms with Crippen molar-refractivity contribution >= 4 is 44.1 Å². The smallest absolute Gasteiger partial charge is 0.301 e. The highest BCUT2D eigenvalue weighted by molar-refractivity contribution is 7.22. The first-order valence-corrected chi connectivity index (χ1v) is 12.1. The van der Waals surface area contributed by atoms with Gasteiger partial charge >= 0.3 is 5.91 Å². The molecule has 0 spiro atoms. The number of fused-ring (bicyclic) bond motifs is 1. The van der Waals surface area contributed by atoms with E-state index < -0.39 is 17.7 Å². The Morgan fingerprint density at radius 1 is 0.944 bits per heavy atom. The van der Waals surface area contributed by atoms with Gasteiger partial charge in [-0.1, -0.05) is 29.5 Å². The Labute approximate surface area is 212 Å². The third kappa shape index (κ3) is 3.89. The van der Waals surface area contributed by atoms with Crippen molar-refractivity contribution in [2.75, 3.05) is 19.1 Å². The number of Topliss-reactive ketones (excluding diaryl/α,β-unsaturated/α-hetero) is 1. The Hall–Kier alpha value is -4.17. The number of hydrogen-bond donors (Lipinski definition) is 1. The average molecular weight is 501 g/mol. The first-order valence-electron chi connectivity index (χ1n) is 11.3. The van der Waals surface area contributed by atoms with Gasteiger partial charge in [0.25, 0.3) is 5.78 Å². The van der Waals surface area contributed by atoms with E-state index in [1.165, 1.54) is 16.2 Å². The summed E-state index contributed by atoms with van der Waals surface area (Å²) < 4.78 is 11.4. The number of carbonyl (C=O) groups excluding carboxylic acids is 2. The molecule has 0 radical (unpaired) electrons. The summed E-state index contributed by atoms with van der Waals surface area (Å²) in [7, 11) is 3.11. The molecule has 1 aliphatic rings. The summed E-state index contributed by atoms with van der Waals surface area (Å²) in [5.41, 5.74) is 3.92. The lowest BCUT2D eigenvalue weighted by Crippen LogP contribution is -2.29. The second-order valence-corrected chi connectivity index (χ2v) is 9.60. The second-order valence-electron chi connectivity index (χ2n) is 8.60. The van der Waals surface area contributed by atoms with Gasteiger partial charge in [0.05, 0.1) is 36.1 Å². The van der Waals surface area contributed by atoms with E-state index in [9.17, 15) is 14.7 Å². The van der Waals surface area contributed by atoms with Gasteiger partial charge in [0.2, 0.25) is 0 Å². The van der Waals surface area contributed by atoms with Crippen molar-refractivity contribution in [3.63, 3.8) is 0 Å². The summed E-state index contributed by atoms with van der Waals surface area (Å²) in [5.74, 6) is -0.515. The maximum atomic E-state index is 13.4. The first kappa shape index (κ1) is 23.6. The number of ketones is 1. The van der Waals surface area contributed by atoms with Gasteiger partial charge in [0.15, 0.2) is 5.13 Å². The molecular weight excluding hydrogens is 476 g/mol. The number of thiazole rings is 1. The van der Waals surface area contributed by atoms with E-state index in [2.05, 4.69) is 0 Å². The highest BCUT2D eigenvalue weighted by Crippen LogP contribution is 2.45. The van der Waals surface area contributed by atoms with Gasteiger partial charge in [-0.05, 0) is 73.0 Å². The number of rotatable bonds is 5. The molecule has 0 bridgehead atoms. The van der Waals surface area contributed by atoms with E-state index in [1.54, 1.807) is 62.8 Å². The molecule has 3 aromatic carbocycles. The number of methoxy groups -OCH3 is 2. The van der Waals surface area contributed by atoms with Crippen LogP contribution >= 0.6 is 11.3 Å². The Bertz CT molecular complexity index is 1520. The standard InChI is InChI=1S/C28H24N2O5S/c1-15-13-16(2)23-21(14-15)36-28(29-23)30-24(17-5-9-19(34-3)10-6-17)22(26(32)27(30)33)25(31)18-7-11-20(35-4)12-8-18/h5-14,24,31H,1-4H3/b25-22+. The van der Waals surface area contributed by atoms with Crippen LogP contribution in [0.4, 0.5) is 5.13 Å². The Morgan fingerprint density at radius 2 is 1.56 bits per heavy atom. The van der Waals surface area contributed by atoms with Crippen molar-refractivity contribution in [2.45, 2.75) is 19.9 Å². The Kier molecular flexibility index (Phi) is 5.97. The lowest BCUT2D eigenvalue weighted by molar-refractivity contribution is -0.132. The molecule has 0 saturated carbocycles. The molecule has 4 aromatic rings. The van der Waals surface area contributed by atoms with Gasteiger partial charge in [-0.25, -0.2) is 4.98 Å². The molecule has 0 aliphatic carbocycles. The zero-order valence-electron chi connectivity index (χ0n) is 20.2. The summed E-state index contributed by atoms with van der Waals surface area (Å²) in [6, 6.07) is 16.9. The molecule has 7 nitrogen and oxygen atoms in total. The number of ether oxygens (including phenoxy) is 2. The third-order valence-electron chi connectivity index (χ3n) is 6.26. The van der Waals surface area contributed by atoms with Gasteiger partial charge in [-0.2, -0.15) is 0 Å². The Morgan fingerprint density at radius 3 is 2.17 bits per heavy atom. The van der Waals surface area contributed by atoms with Crippen LogP contribution in [0.15, 0.2) is 66.2 Å².